The minimum Gasteiger partial charge on any atom is -0.508 e. The van der Waals surface area contributed by atoms with E-state index in [1.807, 2.05) is 48.5 Å². The van der Waals surface area contributed by atoms with Crippen LogP contribution in [-0.2, 0) is 60.7 Å². The number of phenolic OH excluding ortho intramolecular Hbond substituents is 2. The molecular formula is C52H77N7O12. The van der Waals surface area contributed by atoms with Gasteiger partial charge in [-0.25, -0.2) is 4.79 Å². The molecule has 10 atom stereocenters. The molecule has 19 heteroatoms. The van der Waals surface area contributed by atoms with Gasteiger partial charge in [-0.1, -0.05) is 86.1 Å². The summed E-state index contributed by atoms with van der Waals surface area (Å²) in [6.07, 6.45) is -1.01. The lowest BCUT2D eigenvalue weighted by atomic mass is 9.87. The van der Waals surface area contributed by atoms with E-state index in [0.29, 0.717) is 17.5 Å². The average molecular weight is 992 g/mol. The van der Waals surface area contributed by atoms with Crippen molar-refractivity contribution in [2.45, 2.75) is 170 Å². The Hall–Kier alpha value is -6.53. The lowest BCUT2D eigenvalue weighted by Crippen LogP contribution is -2.62. The number of carbonyl (C=O) groups is 9. The number of hydrogen-bond donors (Lipinski definition) is 9. The van der Waals surface area contributed by atoms with Crippen molar-refractivity contribution in [1.82, 2.24) is 37.2 Å². The number of aromatic hydroxyl groups is 2. The van der Waals surface area contributed by atoms with E-state index in [4.69, 9.17) is 4.74 Å². The quantitative estimate of drug-likeness (QED) is 0.0919. The Morgan fingerprint density at radius 2 is 1.23 bits per heavy atom. The average Bonchev–Trinajstić information content (AvgIpc) is 3.28. The van der Waals surface area contributed by atoms with E-state index in [1.54, 1.807) is 19.1 Å². The van der Waals surface area contributed by atoms with Crippen LogP contribution < -0.4 is 37.2 Å². The van der Waals surface area contributed by atoms with Gasteiger partial charge in [0, 0.05) is 32.1 Å². The molecule has 0 saturated carbocycles. The molecule has 0 spiro atoms. The van der Waals surface area contributed by atoms with Gasteiger partial charge >= 0.3 is 5.97 Å². The Labute approximate surface area is 417 Å². The van der Waals surface area contributed by atoms with Gasteiger partial charge in [-0.3, -0.25) is 38.4 Å². The van der Waals surface area contributed by atoms with E-state index in [9.17, 15) is 53.4 Å². The minimum absolute atomic E-state index is 0.00528. The third-order valence-corrected chi connectivity index (χ3v) is 12.3. The number of carbonyl (C=O) groups excluding carboxylic acids is 9. The lowest BCUT2D eigenvalue weighted by molar-refractivity contribution is -0.156. The fourth-order valence-corrected chi connectivity index (χ4v) is 8.22. The summed E-state index contributed by atoms with van der Waals surface area (Å²) in [5.41, 5.74) is 0.977. The molecule has 7 amide bonds. The van der Waals surface area contributed by atoms with E-state index in [1.165, 1.54) is 57.2 Å². The number of ketones is 1. The van der Waals surface area contributed by atoms with E-state index < -0.39 is 113 Å². The molecule has 9 N–H and O–H groups in total. The molecule has 71 heavy (non-hydrogen) atoms. The van der Waals surface area contributed by atoms with E-state index in [2.05, 4.69) is 37.2 Å². The molecule has 0 radical (unpaired) electrons. The molecule has 0 aromatic heterocycles. The van der Waals surface area contributed by atoms with E-state index in [0.717, 1.165) is 0 Å². The zero-order valence-electron chi connectivity index (χ0n) is 43.1. The van der Waals surface area contributed by atoms with Gasteiger partial charge in [-0.05, 0) is 92.2 Å². The topological polar surface area (TPSA) is 288 Å². The van der Waals surface area contributed by atoms with Gasteiger partial charge in [0.05, 0.1) is 6.04 Å². The van der Waals surface area contributed by atoms with Crippen LogP contribution in [0.1, 0.15) is 119 Å². The first-order chi connectivity index (χ1) is 33.3. The molecular weight excluding hydrogens is 915 g/mol. The number of benzene rings is 2. The van der Waals surface area contributed by atoms with Crippen molar-refractivity contribution in [2.75, 3.05) is 0 Å². The lowest BCUT2D eigenvalue weighted by Gasteiger charge is -2.32. The third kappa shape index (κ3) is 19.3. The maximum atomic E-state index is 14.7. The summed E-state index contributed by atoms with van der Waals surface area (Å²) in [5, 5.41) is 38.8. The van der Waals surface area contributed by atoms with Crippen LogP contribution in [-0.4, -0.2) is 112 Å². The van der Waals surface area contributed by atoms with Crippen LogP contribution in [0.5, 0.6) is 11.5 Å². The second-order valence-corrected chi connectivity index (χ2v) is 20.2. The molecule has 1 aliphatic rings. The van der Waals surface area contributed by atoms with Crippen molar-refractivity contribution in [2.24, 2.45) is 29.6 Å². The van der Waals surface area contributed by atoms with Crippen LogP contribution >= 0.6 is 0 Å². The predicted octanol–water partition coefficient (Wildman–Crippen LogP) is 3.02. The molecule has 2 aromatic carbocycles. The molecule has 0 aliphatic carbocycles. The second kappa shape index (κ2) is 27.8. The van der Waals surface area contributed by atoms with Crippen molar-refractivity contribution in [3.8, 4) is 11.5 Å². The summed E-state index contributed by atoms with van der Waals surface area (Å²) in [6, 6.07) is 2.57. The molecule has 1 aliphatic heterocycles. The monoisotopic (exact) mass is 992 g/mol. The number of rotatable bonds is 19. The summed E-state index contributed by atoms with van der Waals surface area (Å²) in [7, 11) is 0. The Balaban J connectivity index is 2.16. The van der Waals surface area contributed by atoms with Gasteiger partial charge in [-0.15, -0.1) is 0 Å². The van der Waals surface area contributed by atoms with Gasteiger partial charge in [0.2, 0.25) is 41.4 Å². The maximum absolute atomic E-state index is 14.7. The molecule has 1 unspecified atom stereocenters. The summed E-state index contributed by atoms with van der Waals surface area (Å²) < 4.78 is 5.95. The Bertz CT molecular complexity index is 2160. The van der Waals surface area contributed by atoms with Gasteiger partial charge in [0.15, 0.2) is 5.78 Å². The van der Waals surface area contributed by atoms with Crippen molar-refractivity contribution < 1.29 is 58.1 Å². The number of ether oxygens (including phenoxy) is 1. The first-order valence-corrected chi connectivity index (χ1v) is 24.7. The molecule has 3 rings (SSSR count). The van der Waals surface area contributed by atoms with Gasteiger partial charge in [-0.2, -0.15) is 0 Å². The van der Waals surface area contributed by atoms with Crippen LogP contribution in [0.15, 0.2) is 48.5 Å². The van der Waals surface area contributed by atoms with Crippen molar-refractivity contribution in [1.29, 1.82) is 0 Å². The SMILES string of the molecule is CC[C@H](C)C1NC(=O)[C@H](CC(C)C)CC(=O)[C@@H](CC(C)C)NC(=O)[C@@H](NC(=O)[C@@H](Cc2ccc(O)cc2)NC(=O)[C@@H](C)NC(=O)[C@H](CC(C)C)NC(C)=O)[C@@H](C)OC(=O)[C@H](Cc2ccc(O)cc2)NC1=O. The summed E-state index contributed by atoms with van der Waals surface area (Å²) >= 11 is 0. The number of Topliss-reactive ketones (excluding diaryl/α,β-unsaturated/α-hetero) is 1. The van der Waals surface area contributed by atoms with E-state index in [-0.39, 0.29) is 67.8 Å². The Kier molecular flexibility index (Phi) is 23.0. The first kappa shape index (κ1) is 58.8. The highest BCUT2D eigenvalue weighted by Crippen LogP contribution is 2.22. The molecule has 2 aromatic rings. The highest BCUT2D eigenvalue weighted by Gasteiger charge is 2.40. The zero-order chi connectivity index (χ0) is 53.3. The van der Waals surface area contributed by atoms with E-state index >= 15 is 0 Å². The van der Waals surface area contributed by atoms with Crippen LogP contribution in [0, 0.1) is 29.6 Å². The molecule has 0 bridgehead atoms. The highest BCUT2D eigenvalue weighted by molar-refractivity contribution is 5.98. The first-order valence-electron chi connectivity index (χ1n) is 24.7. The molecule has 1 fully saturated rings. The number of esters is 1. The normalized spacial score (nSPS) is 22.3. The van der Waals surface area contributed by atoms with Crippen LogP contribution in [0.2, 0.25) is 0 Å². The largest absolute Gasteiger partial charge is 0.508 e. The standard InChI is InChI=1S/C52H77N7O12/c1-12-30(8)44-50(68)57-42(25-35-15-19-38(62)20-16-35)52(70)71-32(10)45(51(69)55-39(22-28(4)5)43(63)26-36(21-27(2)3)47(65)58-44)59-49(67)41(24-34-13-17-37(61)18-14-34)56-46(64)31(9)53-48(66)40(23-29(6)7)54-33(11)60/h13-20,27-32,36,39-42,44-45,61-62H,12,21-26H2,1-11H3,(H,53,66)(H,54,60)(H,55,69)(H,56,64)(H,57,68)(H,58,65)(H,59,67)/t30-,31+,32+,36+,39+,40-,41+,42-,44?,45-/m0/s1. The smallest absolute Gasteiger partial charge is 0.329 e. The number of nitrogens with one attached hydrogen (secondary N) is 7. The van der Waals surface area contributed by atoms with Crippen LogP contribution in [0.4, 0.5) is 0 Å². The molecule has 392 valence electrons. The number of cyclic esters (lactones) is 1. The van der Waals surface area contributed by atoms with Crippen molar-refractivity contribution in [3.63, 3.8) is 0 Å². The van der Waals surface area contributed by atoms with Gasteiger partial charge in [0.25, 0.3) is 0 Å². The number of hydrogen-bond acceptors (Lipinski definition) is 12. The third-order valence-electron chi connectivity index (χ3n) is 12.3. The predicted molar refractivity (Wildman–Crippen MR) is 265 cm³/mol. The van der Waals surface area contributed by atoms with Gasteiger partial charge < -0.3 is 52.2 Å². The van der Waals surface area contributed by atoms with Crippen LogP contribution in [0.3, 0.4) is 0 Å². The fourth-order valence-electron chi connectivity index (χ4n) is 8.22. The van der Waals surface area contributed by atoms with Crippen LogP contribution in [0.25, 0.3) is 0 Å². The van der Waals surface area contributed by atoms with Crippen molar-refractivity contribution >= 4 is 53.1 Å². The summed E-state index contributed by atoms with van der Waals surface area (Å²) in [5.74, 6) is -8.16. The zero-order valence-corrected chi connectivity index (χ0v) is 43.1. The molecule has 1 heterocycles. The fraction of sp³-hybridized carbons (Fsp3) is 0.596. The number of amides is 7. The number of phenols is 2. The summed E-state index contributed by atoms with van der Waals surface area (Å²) in [6.45, 7) is 18.8. The van der Waals surface area contributed by atoms with Crippen molar-refractivity contribution in [3.05, 3.63) is 59.7 Å². The minimum atomic E-state index is -1.74. The second-order valence-electron chi connectivity index (χ2n) is 20.2. The molecule has 19 nitrogen and oxygen atoms in total. The summed E-state index contributed by atoms with van der Waals surface area (Å²) in [4.78, 5) is 126. The highest BCUT2D eigenvalue weighted by atomic mass is 16.5. The molecule has 1 saturated heterocycles. The Morgan fingerprint density at radius 3 is 1.76 bits per heavy atom. The Morgan fingerprint density at radius 1 is 0.662 bits per heavy atom. The van der Waals surface area contributed by atoms with Gasteiger partial charge in [0.1, 0.15) is 53.9 Å². The maximum Gasteiger partial charge on any atom is 0.329 e.